The molecule has 1 aliphatic heterocycles. The highest BCUT2D eigenvalue weighted by molar-refractivity contribution is 5.92. The van der Waals surface area contributed by atoms with Gasteiger partial charge in [0.25, 0.3) is 0 Å². The van der Waals surface area contributed by atoms with E-state index >= 15 is 0 Å². The fourth-order valence-corrected chi connectivity index (χ4v) is 8.42. The Balaban J connectivity index is 1.01. The summed E-state index contributed by atoms with van der Waals surface area (Å²) in [6.45, 7) is 0. The molecular formula is C51H34N4O. The minimum Gasteiger partial charge on any atom is -0.484 e. The first-order valence-corrected chi connectivity index (χ1v) is 19.0. The number of fused-ring (bicyclic) bond motifs is 7. The molecule has 2 atom stereocenters. The summed E-state index contributed by atoms with van der Waals surface area (Å²) in [7, 11) is 0. The van der Waals surface area contributed by atoms with Crippen LogP contribution in [0.25, 0.3) is 79.1 Å². The van der Waals surface area contributed by atoms with Gasteiger partial charge in [0.2, 0.25) is 0 Å². The maximum atomic E-state index is 6.98. The first-order chi connectivity index (χ1) is 27.8. The molecular weight excluding hydrogens is 685 g/mol. The highest BCUT2D eigenvalue weighted by Gasteiger charge is 2.42. The highest BCUT2D eigenvalue weighted by Crippen LogP contribution is 2.55. The first-order valence-electron chi connectivity index (χ1n) is 19.0. The number of hydrogen-bond donors (Lipinski definition) is 0. The summed E-state index contributed by atoms with van der Waals surface area (Å²) in [4.78, 5) is 15.3. The van der Waals surface area contributed by atoms with E-state index in [0.717, 1.165) is 50.5 Å². The molecule has 3 heterocycles. The summed E-state index contributed by atoms with van der Waals surface area (Å²) >= 11 is 0. The van der Waals surface area contributed by atoms with Gasteiger partial charge in [-0.25, -0.2) is 15.0 Å². The molecule has 0 radical (unpaired) electrons. The third-order valence-corrected chi connectivity index (χ3v) is 11.1. The molecule has 9 aromatic rings. The molecule has 0 N–H and O–H groups in total. The van der Waals surface area contributed by atoms with Crippen LogP contribution in [0, 0.1) is 0 Å². The monoisotopic (exact) mass is 718 g/mol. The number of para-hydroxylation sites is 1. The molecule has 2 unspecified atom stereocenters. The van der Waals surface area contributed by atoms with Crippen LogP contribution in [0.5, 0.6) is 5.75 Å². The van der Waals surface area contributed by atoms with Gasteiger partial charge in [0.05, 0.1) is 11.2 Å². The fraction of sp³-hybridized carbons (Fsp3) is 0.0392. The lowest BCUT2D eigenvalue weighted by molar-refractivity contribution is 0.224. The molecule has 0 fully saturated rings. The van der Waals surface area contributed by atoms with E-state index in [-0.39, 0.29) is 12.0 Å². The molecule has 5 nitrogen and oxygen atoms in total. The number of benzene rings is 7. The third-order valence-electron chi connectivity index (χ3n) is 11.1. The fourth-order valence-electron chi connectivity index (χ4n) is 8.42. The van der Waals surface area contributed by atoms with Crippen LogP contribution in [0.3, 0.4) is 0 Å². The molecule has 264 valence electrons. The van der Waals surface area contributed by atoms with Gasteiger partial charge in [0.15, 0.2) is 17.5 Å². The SMILES string of the molecule is C1=CC2c3c(cccc3-c3nc(-c4ccccc4)nc(-c4ccc(-c5ccccc5)cc4)n3)OC2c2c1n(-c1ccc(-c3ccccc3)cc1)c1ccccc21. The number of nitrogens with zero attached hydrogens (tertiary/aromatic N) is 4. The largest absolute Gasteiger partial charge is 0.484 e. The third kappa shape index (κ3) is 5.36. The lowest BCUT2D eigenvalue weighted by atomic mass is 9.83. The molecule has 2 aliphatic rings. The smallest absolute Gasteiger partial charge is 0.164 e. The zero-order valence-corrected chi connectivity index (χ0v) is 30.3. The van der Waals surface area contributed by atoms with Crippen LogP contribution in [0.4, 0.5) is 0 Å². The second kappa shape index (κ2) is 13.2. The van der Waals surface area contributed by atoms with E-state index in [9.17, 15) is 0 Å². The minimum atomic E-state index is -0.207. The van der Waals surface area contributed by atoms with Crippen molar-refractivity contribution in [1.29, 1.82) is 0 Å². The van der Waals surface area contributed by atoms with Crippen molar-refractivity contribution >= 4 is 17.0 Å². The Hall–Kier alpha value is -7.37. The van der Waals surface area contributed by atoms with Crippen LogP contribution in [-0.4, -0.2) is 19.5 Å². The normalized spacial score (nSPS) is 15.2. The zero-order valence-electron chi connectivity index (χ0n) is 30.3. The maximum Gasteiger partial charge on any atom is 0.164 e. The Morgan fingerprint density at radius 1 is 0.429 bits per heavy atom. The number of rotatable bonds is 6. The van der Waals surface area contributed by atoms with E-state index in [4.69, 9.17) is 19.7 Å². The van der Waals surface area contributed by atoms with Crippen molar-refractivity contribution in [1.82, 2.24) is 19.5 Å². The van der Waals surface area contributed by atoms with Crippen LogP contribution < -0.4 is 4.74 Å². The molecule has 0 bridgehead atoms. The number of ether oxygens (including phenoxy) is 1. The Labute approximate surface area is 324 Å². The molecule has 5 heteroatoms. The molecule has 11 rings (SSSR count). The van der Waals surface area contributed by atoms with Gasteiger partial charge in [-0.3, -0.25) is 0 Å². The molecule has 7 aromatic carbocycles. The molecule has 0 saturated carbocycles. The van der Waals surface area contributed by atoms with E-state index in [1.807, 2.05) is 42.5 Å². The van der Waals surface area contributed by atoms with E-state index in [2.05, 4.69) is 156 Å². The van der Waals surface area contributed by atoms with Crippen LogP contribution in [0.2, 0.25) is 0 Å². The van der Waals surface area contributed by atoms with Crippen LogP contribution >= 0.6 is 0 Å². The Morgan fingerprint density at radius 3 is 1.61 bits per heavy atom. The van der Waals surface area contributed by atoms with Crippen molar-refractivity contribution in [2.75, 3.05) is 0 Å². The topological polar surface area (TPSA) is 52.8 Å². The van der Waals surface area contributed by atoms with Crippen molar-refractivity contribution < 1.29 is 4.74 Å². The van der Waals surface area contributed by atoms with Crippen LogP contribution in [-0.2, 0) is 0 Å². The van der Waals surface area contributed by atoms with E-state index < -0.39 is 0 Å². The van der Waals surface area contributed by atoms with Crippen molar-refractivity contribution in [2.24, 2.45) is 0 Å². The minimum absolute atomic E-state index is 0.0287. The van der Waals surface area contributed by atoms with Gasteiger partial charge in [-0.2, -0.15) is 0 Å². The summed E-state index contributed by atoms with van der Waals surface area (Å²) in [5.74, 6) is 2.72. The van der Waals surface area contributed by atoms with Crippen LogP contribution in [0.15, 0.2) is 188 Å². The Kier molecular flexibility index (Phi) is 7.56. The number of hydrogen-bond acceptors (Lipinski definition) is 4. The van der Waals surface area contributed by atoms with Crippen molar-refractivity contribution in [3.05, 3.63) is 205 Å². The lowest BCUT2D eigenvalue weighted by Gasteiger charge is -2.23. The Morgan fingerprint density at radius 2 is 0.946 bits per heavy atom. The molecule has 2 aromatic heterocycles. The predicted molar refractivity (Wildman–Crippen MR) is 225 cm³/mol. The lowest BCUT2D eigenvalue weighted by Crippen LogP contribution is -2.14. The highest BCUT2D eigenvalue weighted by atomic mass is 16.5. The molecule has 56 heavy (non-hydrogen) atoms. The van der Waals surface area contributed by atoms with Gasteiger partial charge in [-0.05, 0) is 52.6 Å². The summed E-state index contributed by atoms with van der Waals surface area (Å²) in [6, 6.07) is 63.3. The predicted octanol–water partition coefficient (Wildman–Crippen LogP) is 12.4. The molecule has 0 saturated heterocycles. The van der Waals surface area contributed by atoms with Gasteiger partial charge >= 0.3 is 0 Å². The average molecular weight is 719 g/mol. The standard InChI is InChI=1S/C51H34N4O/c1-4-13-33(14-5-1)35-23-25-38(26-24-35)50-52-49(37-17-8-3-9-18-37)53-51(54-50)42-20-12-22-45-46(42)41-31-32-44-47(48(41)56-45)40-19-10-11-21-43(40)55(44)39-29-27-36(28-30-39)34-15-6-2-7-16-34/h1-32,41,48H. The number of aromatic nitrogens is 4. The molecule has 0 amide bonds. The zero-order chi connectivity index (χ0) is 37.0. The van der Waals surface area contributed by atoms with Crippen molar-refractivity contribution in [3.63, 3.8) is 0 Å². The summed E-state index contributed by atoms with van der Waals surface area (Å²) in [5, 5.41) is 1.19. The second-order valence-electron chi connectivity index (χ2n) is 14.3. The quantitative estimate of drug-likeness (QED) is 0.172. The summed E-state index contributed by atoms with van der Waals surface area (Å²) in [5.41, 5.74) is 13.2. The van der Waals surface area contributed by atoms with E-state index in [1.165, 1.54) is 27.6 Å². The first kappa shape index (κ1) is 32.1. The molecule has 1 aliphatic carbocycles. The van der Waals surface area contributed by atoms with Crippen molar-refractivity contribution in [3.8, 4) is 67.9 Å². The second-order valence-corrected chi connectivity index (χ2v) is 14.3. The average Bonchev–Trinajstić information content (AvgIpc) is 3.83. The maximum absolute atomic E-state index is 6.98. The summed E-state index contributed by atoms with van der Waals surface area (Å²) < 4.78 is 9.35. The van der Waals surface area contributed by atoms with Crippen LogP contribution in [0.1, 0.15) is 28.8 Å². The van der Waals surface area contributed by atoms with E-state index in [1.54, 1.807) is 0 Å². The summed E-state index contributed by atoms with van der Waals surface area (Å²) in [6.07, 6.45) is 4.37. The van der Waals surface area contributed by atoms with Gasteiger partial charge in [0, 0.05) is 44.8 Å². The molecule has 0 spiro atoms. The Bertz CT molecular complexity index is 2920. The van der Waals surface area contributed by atoms with Gasteiger partial charge in [0.1, 0.15) is 11.9 Å². The van der Waals surface area contributed by atoms with Crippen molar-refractivity contribution in [2.45, 2.75) is 12.0 Å². The van der Waals surface area contributed by atoms with Gasteiger partial charge in [-0.15, -0.1) is 0 Å². The van der Waals surface area contributed by atoms with Gasteiger partial charge in [-0.1, -0.05) is 164 Å². The van der Waals surface area contributed by atoms with E-state index in [0.29, 0.717) is 17.5 Å². The van der Waals surface area contributed by atoms with Gasteiger partial charge < -0.3 is 9.30 Å².